The van der Waals surface area contributed by atoms with E-state index in [1.54, 1.807) is 43.3 Å². The molecule has 17 heavy (non-hydrogen) atoms. The topological polar surface area (TPSA) is 37.3 Å². The summed E-state index contributed by atoms with van der Waals surface area (Å²) in [6, 6.07) is 11.6. The highest BCUT2D eigenvalue weighted by Gasteiger charge is 2.10. The van der Waals surface area contributed by atoms with Crippen molar-refractivity contribution in [1.29, 1.82) is 0 Å². The normalized spacial score (nSPS) is 10.2. The van der Waals surface area contributed by atoms with Crippen molar-refractivity contribution in [2.24, 2.45) is 0 Å². The number of halogens is 1. The highest BCUT2D eigenvalue weighted by molar-refractivity contribution is 6.31. The number of hydrogen-bond acceptors (Lipinski definition) is 2. The van der Waals surface area contributed by atoms with Gasteiger partial charge in [0.2, 0.25) is 0 Å². The maximum absolute atomic E-state index is 12.1. The van der Waals surface area contributed by atoms with E-state index < -0.39 is 0 Å². The van der Waals surface area contributed by atoms with Crippen molar-refractivity contribution in [3.05, 3.63) is 64.2 Å². The SMILES string of the molecule is Cc1cc(C(=O)c2cccc(Cl)c2)ccc1O. The Bertz CT molecular complexity index is 576. The lowest BCUT2D eigenvalue weighted by Gasteiger charge is -2.04. The first kappa shape index (κ1) is 11.7. The van der Waals surface area contributed by atoms with E-state index in [9.17, 15) is 9.90 Å². The van der Waals surface area contributed by atoms with Gasteiger partial charge in [-0.1, -0.05) is 23.7 Å². The van der Waals surface area contributed by atoms with Crippen LogP contribution in [-0.2, 0) is 0 Å². The van der Waals surface area contributed by atoms with E-state index in [-0.39, 0.29) is 11.5 Å². The van der Waals surface area contributed by atoms with Gasteiger partial charge in [-0.15, -0.1) is 0 Å². The van der Waals surface area contributed by atoms with E-state index >= 15 is 0 Å². The summed E-state index contributed by atoms with van der Waals surface area (Å²) in [5.74, 6) is 0.0863. The maximum atomic E-state index is 12.1. The Hall–Kier alpha value is -1.80. The zero-order chi connectivity index (χ0) is 12.4. The molecule has 0 fully saturated rings. The van der Waals surface area contributed by atoms with E-state index in [2.05, 4.69) is 0 Å². The molecule has 2 rings (SSSR count). The Kier molecular flexibility index (Phi) is 3.16. The van der Waals surface area contributed by atoms with Crippen LogP contribution in [0.3, 0.4) is 0 Å². The third-order valence-electron chi connectivity index (χ3n) is 2.55. The summed E-state index contributed by atoms with van der Waals surface area (Å²) in [5, 5.41) is 9.94. The summed E-state index contributed by atoms with van der Waals surface area (Å²) in [5.41, 5.74) is 1.77. The van der Waals surface area contributed by atoms with Gasteiger partial charge in [-0.2, -0.15) is 0 Å². The number of aromatic hydroxyl groups is 1. The average molecular weight is 247 g/mol. The van der Waals surface area contributed by atoms with E-state index in [0.29, 0.717) is 21.7 Å². The number of hydrogen-bond donors (Lipinski definition) is 1. The van der Waals surface area contributed by atoms with Gasteiger partial charge in [-0.05, 0) is 42.8 Å². The summed E-state index contributed by atoms with van der Waals surface area (Å²) in [4.78, 5) is 12.1. The third kappa shape index (κ3) is 2.48. The quantitative estimate of drug-likeness (QED) is 0.823. The van der Waals surface area contributed by atoms with Gasteiger partial charge in [0.15, 0.2) is 5.78 Å². The Morgan fingerprint density at radius 2 is 1.82 bits per heavy atom. The summed E-state index contributed by atoms with van der Waals surface area (Å²) in [6.07, 6.45) is 0. The first-order chi connectivity index (χ1) is 8.08. The lowest BCUT2D eigenvalue weighted by Crippen LogP contribution is -2.01. The van der Waals surface area contributed by atoms with E-state index in [4.69, 9.17) is 11.6 Å². The molecule has 2 aromatic rings. The van der Waals surface area contributed by atoms with E-state index in [0.717, 1.165) is 0 Å². The monoisotopic (exact) mass is 246 g/mol. The van der Waals surface area contributed by atoms with Gasteiger partial charge in [-0.3, -0.25) is 4.79 Å². The number of phenols is 1. The maximum Gasteiger partial charge on any atom is 0.193 e. The number of carbonyl (C=O) groups excluding carboxylic acids is 1. The Morgan fingerprint density at radius 3 is 2.47 bits per heavy atom. The van der Waals surface area contributed by atoms with Crippen LogP contribution in [0.25, 0.3) is 0 Å². The lowest BCUT2D eigenvalue weighted by molar-refractivity contribution is 0.103. The number of benzene rings is 2. The van der Waals surface area contributed by atoms with Gasteiger partial charge in [-0.25, -0.2) is 0 Å². The highest BCUT2D eigenvalue weighted by Crippen LogP contribution is 2.20. The van der Waals surface area contributed by atoms with Crippen LogP contribution in [0.2, 0.25) is 5.02 Å². The van der Waals surface area contributed by atoms with Gasteiger partial charge < -0.3 is 5.11 Å². The van der Waals surface area contributed by atoms with Crippen molar-refractivity contribution in [3.63, 3.8) is 0 Å². The molecule has 0 heterocycles. The van der Waals surface area contributed by atoms with Crippen molar-refractivity contribution in [3.8, 4) is 5.75 Å². The predicted octanol–water partition coefficient (Wildman–Crippen LogP) is 3.59. The molecule has 0 saturated carbocycles. The van der Waals surface area contributed by atoms with Crippen LogP contribution < -0.4 is 0 Å². The molecule has 0 amide bonds. The Balaban J connectivity index is 2.40. The molecule has 0 bridgehead atoms. The fraction of sp³-hybridized carbons (Fsp3) is 0.0714. The molecule has 2 aromatic carbocycles. The molecule has 0 radical (unpaired) electrons. The Labute approximate surface area is 104 Å². The fourth-order valence-corrected chi connectivity index (χ4v) is 1.78. The predicted molar refractivity (Wildman–Crippen MR) is 67.7 cm³/mol. The highest BCUT2D eigenvalue weighted by atomic mass is 35.5. The van der Waals surface area contributed by atoms with Gasteiger partial charge in [0.1, 0.15) is 5.75 Å². The molecule has 0 aliphatic heterocycles. The number of carbonyl (C=O) groups is 1. The standard InChI is InChI=1S/C14H11ClO2/c1-9-7-11(5-6-13(9)16)14(17)10-3-2-4-12(15)8-10/h2-8,16H,1H3. The van der Waals surface area contributed by atoms with Gasteiger partial charge in [0, 0.05) is 16.1 Å². The third-order valence-corrected chi connectivity index (χ3v) is 2.78. The lowest BCUT2D eigenvalue weighted by atomic mass is 10.0. The zero-order valence-corrected chi connectivity index (χ0v) is 10.0. The largest absolute Gasteiger partial charge is 0.508 e. The molecule has 0 aliphatic carbocycles. The molecule has 86 valence electrons. The molecule has 0 saturated heterocycles. The summed E-state index contributed by atoms with van der Waals surface area (Å²) < 4.78 is 0. The van der Waals surface area contributed by atoms with Crippen molar-refractivity contribution in [1.82, 2.24) is 0 Å². The molecular formula is C14H11ClO2. The first-order valence-electron chi connectivity index (χ1n) is 5.18. The van der Waals surface area contributed by atoms with E-state index in [1.165, 1.54) is 6.07 Å². The molecule has 0 aromatic heterocycles. The Morgan fingerprint density at radius 1 is 1.12 bits per heavy atom. The van der Waals surface area contributed by atoms with E-state index in [1.807, 2.05) is 0 Å². The van der Waals surface area contributed by atoms with Crippen LogP contribution in [0.15, 0.2) is 42.5 Å². The van der Waals surface area contributed by atoms with Gasteiger partial charge in [0.25, 0.3) is 0 Å². The molecule has 1 N–H and O–H groups in total. The molecule has 0 spiro atoms. The van der Waals surface area contributed by atoms with Crippen LogP contribution >= 0.6 is 11.6 Å². The van der Waals surface area contributed by atoms with Crippen LogP contribution in [0.5, 0.6) is 5.75 Å². The van der Waals surface area contributed by atoms with Crippen LogP contribution in [0.1, 0.15) is 21.5 Å². The minimum Gasteiger partial charge on any atom is -0.508 e. The average Bonchev–Trinajstić information content (AvgIpc) is 2.32. The van der Waals surface area contributed by atoms with Crippen molar-refractivity contribution >= 4 is 17.4 Å². The zero-order valence-electron chi connectivity index (χ0n) is 9.27. The second kappa shape index (κ2) is 4.60. The molecule has 0 atom stereocenters. The van der Waals surface area contributed by atoms with Gasteiger partial charge >= 0.3 is 0 Å². The number of phenolic OH excluding ortho intramolecular Hbond substituents is 1. The van der Waals surface area contributed by atoms with Crippen molar-refractivity contribution in [2.45, 2.75) is 6.92 Å². The van der Waals surface area contributed by atoms with Crippen LogP contribution in [-0.4, -0.2) is 10.9 Å². The number of ketones is 1. The number of aryl methyl sites for hydroxylation is 1. The summed E-state index contributed by atoms with van der Waals surface area (Å²) in [6.45, 7) is 1.75. The fourth-order valence-electron chi connectivity index (χ4n) is 1.59. The molecule has 2 nitrogen and oxygen atoms in total. The smallest absolute Gasteiger partial charge is 0.193 e. The summed E-state index contributed by atoms with van der Waals surface area (Å²) in [7, 11) is 0. The molecule has 0 aliphatic rings. The molecule has 0 unspecified atom stereocenters. The van der Waals surface area contributed by atoms with Crippen LogP contribution in [0.4, 0.5) is 0 Å². The second-order valence-corrected chi connectivity index (χ2v) is 4.28. The first-order valence-corrected chi connectivity index (χ1v) is 5.55. The van der Waals surface area contributed by atoms with Gasteiger partial charge in [0.05, 0.1) is 0 Å². The van der Waals surface area contributed by atoms with Crippen LogP contribution in [0, 0.1) is 6.92 Å². The van der Waals surface area contributed by atoms with Crippen molar-refractivity contribution < 1.29 is 9.90 Å². The molecular weight excluding hydrogens is 236 g/mol. The summed E-state index contributed by atoms with van der Waals surface area (Å²) >= 11 is 5.84. The minimum absolute atomic E-state index is 0.101. The minimum atomic E-state index is -0.101. The number of rotatable bonds is 2. The van der Waals surface area contributed by atoms with Crippen molar-refractivity contribution in [2.75, 3.05) is 0 Å². The molecule has 3 heteroatoms. The second-order valence-electron chi connectivity index (χ2n) is 3.84.